The molecule has 0 N–H and O–H groups in total. The number of carbonyl (C=O) groups is 1. The predicted octanol–water partition coefficient (Wildman–Crippen LogP) is 6.34. The van der Waals surface area contributed by atoms with Crippen LogP contribution in [-0.4, -0.2) is 42.7 Å². The van der Waals surface area contributed by atoms with Gasteiger partial charge in [-0.1, -0.05) is 0 Å². The Labute approximate surface area is 248 Å². The summed E-state index contributed by atoms with van der Waals surface area (Å²) >= 11 is 12.1. The fourth-order valence-electron chi connectivity index (χ4n) is 4.83. The second-order valence-electron chi connectivity index (χ2n) is 9.35. The first kappa shape index (κ1) is 28.3. The van der Waals surface area contributed by atoms with Gasteiger partial charge in [-0.25, -0.2) is 0 Å². The van der Waals surface area contributed by atoms with E-state index in [0.29, 0.717) is 29.3 Å². The third-order valence-corrected chi connectivity index (χ3v) is 10.5. The summed E-state index contributed by atoms with van der Waals surface area (Å²) in [5, 5.41) is 12.1. The molecule has 1 aliphatic carbocycles. The molecule has 0 bridgehead atoms. The Hall–Kier alpha value is -3.25. The molecule has 1 aromatic heterocycles. The van der Waals surface area contributed by atoms with E-state index in [1.807, 2.05) is 25.1 Å². The fourth-order valence-corrected chi connectivity index (χ4v) is 8.52. The number of aryl methyl sites for hydroxylation is 2. The van der Waals surface area contributed by atoms with Crippen molar-refractivity contribution in [3.63, 3.8) is 0 Å². The molecule has 0 fully saturated rings. The van der Waals surface area contributed by atoms with Crippen LogP contribution in [0.15, 0.2) is 66.7 Å². The van der Waals surface area contributed by atoms with Gasteiger partial charge < -0.3 is 0 Å². The molecule has 203 valence electrons. The Morgan fingerprint density at radius 2 is 1.75 bits per heavy atom. The van der Waals surface area contributed by atoms with Crippen molar-refractivity contribution in [3.05, 3.63) is 115 Å². The molecule has 0 spiro atoms. The summed E-state index contributed by atoms with van der Waals surface area (Å²) in [5.41, 5.74) is 5.84. The Morgan fingerprint density at radius 1 is 1.02 bits per heavy atom. The Balaban J connectivity index is 1.47. The van der Waals surface area contributed by atoms with Crippen LogP contribution in [0.5, 0.6) is 0 Å². The van der Waals surface area contributed by atoms with Gasteiger partial charge in [0, 0.05) is 0 Å². The number of benzene rings is 3. The Morgan fingerprint density at radius 3 is 2.42 bits per heavy atom. The number of nitro benzene ring substituents is 1. The van der Waals surface area contributed by atoms with Crippen LogP contribution in [0.4, 0.5) is 5.69 Å². The summed E-state index contributed by atoms with van der Waals surface area (Å²) in [7, 11) is 0. The van der Waals surface area contributed by atoms with Crippen LogP contribution in [0, 0.1) is 10.1 Å². The van der Waals surface area contributed by atoms with Crippen LogP contribution in [-0.2, 0) is 24.0 Å². The second kappa shape index (κ2) is 12.1. The zero-order chi connectivity index (χ0) is 28.4. The number of non-ortho nitro benzene ring substituents is 1. The van der Waals surface area contributed by atoms with E-state index in [4.69, 9.17) is 37.9 Å². The molecule has 7 nitrogen and oxygen atoms in total. The average molecular weight is 637 g/mol. The fraction of sp³-hybridized carbons (Fsp3) is 0.233. The Kier molecular flexibility index (Phi) is 8.55. The molecule has 0 amide bonds. The van der Waals surface area contributed by atoms with Gasteiger partial charge in [-0.15, -0.1) is 0 Å². The maximum absolute atomic E-state index is 13.1. The summed E-state index contributed by atoms with van der Waals surface area (Å²) in [6, 6.07) is 19.0. The summed E-state index contributed by atoms with van der Waals surface area (Å²) in [6.45, 7) is 4.10. The normalized spacial score (nSPS) is 16.3. The van der Waals surface area contributed by atoms with E-state index in [1.54, 1.807) is 12.1 Å². The molecule has 1 aliphatic rings. The van der Waals surface area contributed by atoms with Crippen molar-refractivity contribution < 1.29 is 14.5 Å². The van der Waals surface area contributed by atoms with Gasteiger partial charge in [-0.2, -0.15) is 0 Å². The van der Waals surface area contributed by atoms with Crippen molar-refractivity contribution in [2.75, 3.05) is 0 Å². The molecule has 3 aromatic carbocycles. The zero-order valence-electron chi connectivity index (χ0n) is 21.8. The van der Waals surface area contributed by atoms with Crippen molar-refractivity contribution in [1.29, 1.82) is 0 Å². The van der Waals surface area contributed by atoms with Gasteiger partial charge >= 0.3 is 250 Å². The standard InChI is InChI=1S/C30H25AsCl2N3O4/c1-3-24-28(22-14-11-19(32)16-23(22)33)34-25(4-2)29(35-24)31-27-21-8-6-5-7-18(21)15-26(27)40-30(37)17-9-12-20(13-10-17)36(38)39/h5-14,16,26-27H,3-4,15H2,1-2H3. The molecule has 40 heavy (non-hydrogen) atoms. The van der Waals surface area contributed by atoms with Crippen molar-refractivity contribution in [2.24, 2.45) is 0 Å². The minimum absolute atomic E-state index is 0.0243. The maximum atomic E-state index is 13.1. The van der Waals surface area contributed by atoms with E-state index in [9.17, 15) is 14.9 Å². The average Bonchev–Trinajstić information content (AvgIpc) is 3.29. The number of hydrogen-bond donors (Lipinski definition) is 0. The molecule has 5 rings (SSSR count). The molecule has 0 saturated carbocycles. The van der Waals surface area contributed by atoms with E-state index in [1.165, 1.54) is 24.3 Å². The third kappa shape index (κ3) is 5.78. The summed E-state index contributed by atoms with van der Waals surface area (Å²) in [5.74, 6) is -0.498. The SMILES string of the molecule is CCc1nc(-c2ccc(Cl)cc2Cl)c(CC)nc1[As]C1c2ccccc2CC1OC(=O)c1ccc([N+](=O)[O-])cc1. The molecule has 10 heteroatoms. The van der Waals surface area contributed by atoms with Crippen LogP contribution in [0.2, 0.25) is 10.0 Å². The number of halogens is 2. The van der Waals surface area contributed by atoms with Crippen LogP contribution in [0.25, 0.3) is 11.3 Å². The van der Waals surface area contributed by atoms with Gasteiger partial charge in [0.2, 0.25) is 0 Å². The van der Waals surface area contributed by atoms with Crippen LogP contribution >= 0.6 is 23.2 Å². The molecule has 1 radical (unpaired) electrons. The number of esters is 1. The molecular formula is C30H25AsCl2N3O4. The number of fused-ring (bicyclic) bond motifs is 1. The van der Waals surface area contributed by atoms with E-state index in [2.05, 4.69) is 19.1 Å². The third-order valence-electron chi connectivity index (χ3n) is 6.86. The van der Waals surface area contributed by atoms with Crippen molar-refractivity contribution >= 4 is 55.1 Å². The molecule has 1 heterocycles. The zero-order valence-corrected chi connectivity index (χ0v) is 25.2. The predicted molar refractivity (Wildman–Crippen MR) is 157 cm³/mol. The molecule has 4 aromatic rings. The van der Waals surface area contributed by atoms with E-state index in [0.717, 1.165) is 38.3 Å². The van der Waals surface area contributed by atoms with E-state index < -0.39 is 26.6 Å². The van der Waals surface area contributed by atoms with E-state index in [-0.39, 0.29) is 22.1 Å². The Bertz CT molecular complexity index is 1600. The van der Waals surface area contributed by atoms with Crippen molar-refractivity contribution in [2.45, 2.75) is 43.9 Å². The minimum atomic E-state index is -0.570. The van der Waals surface area contributed by atoms with Gasteiger partial charge in [0.05, 0.1) is 0 Å². The first-order valence-corrected chi connectivity index (χ1v) is 15.7. The van der Waals surface area contributed by atoms with Crippen molar-refractivity contribution in [3.8, 4) is 11.3 Å². The number of aromatic nitrogens is 2. The van der Waals surface area contributed by atoms with Crippen LogP contribution in [0.3, 0.4) is 0 Å². The summed E-state index contributed by atoms with van der Waals surface area (Å²) in [4.78, 5) is 33.8. The van der Waals surface area contributed by atoms with Gasteiger partial charge in [-0.3, -0.25) is 0 Å². The number of rotatable bonds is 8. The second-order valence-corrected chi connectivity index (χ2v) is 12.8. The molecule has 0 aliphatic heterocycles. The quantitative estimate of drug-likeness (QED) is 0.0970. The monoisotopic (exact) mass is 636 g/mol. The van der Waals surface area contributed by atoms with Crippen LogP contribution in [0.1, 0.15) is 51.4 Å². The number of ether oxygens (including phenoxy) is 1. The number of carbonyl (C=O) groups excluding carboxylic acids is 1. The first-order chi connectivity index (χ1) is 19.3. The van der Waals surface area contributed by atoms with Gasteiger partial charge in [0.25, 0.3) is 0 Å². The van der Waals surface area contributed by atoms with E-state index >= 15 is 0 Å². The molecule has 2 unspecified atom stereocenters. The van der Waals surface area contributed by atoms with Gasteiger partial charge in [0.15, 0.2) is 0 Å². The summed E-state index contributed by atoms with van der Waals surface area (Å²) in [6.07, 6.45) is 1.60. The summed E-state index contributed by atoms with van der Waals surface area (Å²) < 4.78 is 6.99. The van der Waals surface area contributed by atoms with Crippen molar-refractivity contribution in [1.82, 2.24) is 9.97 Å². The first-order valence-electron chi connectivity index (χ1n) is 12.9. The number of hydrogen-bond acceptors (Lipinski definition) is 6. The molecule has 0 saturated heterocycles. The van der Waals surface area contributed by atoms with Gasteiger partial charge in [0.1, 0.15) is 0 Å². The molecule has 2 atom stereocenters. The number of nitro groups is 1. The molecular weight excluding hydrogens is 612 g/mol. The van der Waals surface area contributed by atoms with Crippen LogP contribution < -0.4 is 4.48 Å². The topological polar surface area (TPSA) is 95.2 Å². The van der Waals surface area contributed by atoms with Gasteiger partial charge in [-0.05, 0) is 0 Å². The number of nitrogens with zero attached hydrogens (tertiary/aromatic N) is 3.